The van der Waals surface area contributed by atoms with Crippen molar-refractivity contribution in [3.05, 3.63) is 76.1 Å². The third-order valence-corrected chi connectivity index (χ3v) is 3.87. The Morgan fingerprint density at radius 2 is 1.90 bits per heavy atom. The second-order valence-electron chi connectivity index (χ2n) is 4.88. The molecule has 0 aliphatic heterocycles. The van der Waals surface area contributed by atoms with Crippen molar-refractivity contribution in [3.8, 4) is 0 Å². The molecule has 1 heterocycles. The van der Waals surface area contributed by atoms with Crippen LogP contribution in [0.1, 0.15) is 17.4 Å². The fourth-order valence-electron chi connectivity index (χ4n) is 2.30. The Hall–Kier alpha value is -1.78. The van der Waals surface area contributed by atoms with Crippen molar-refractivity contribution in [2.75, 3.05) is 0 Å². The van der Waals surface area contributed by atoms with Crippen LogP contribution in [-0.4, -0.2) is 10.1 Å². The second-order valence-corrected chi connectivity index (χ2v) is 5.80. The van der Waals surface area contributed by atoms with Gasteiger partial charge in [-0.15, -0.1) is 0 Å². The summed E-state index contributed by atoms with van der Waals surface area (Å²) in [7, 11) is 0. The van der Waals surface area contributed by atoms with E-state index in [-0.39, 0.29) is 12.0 Å². The van der Waals surface area contributed by atoms with Gasteiger partial charge in [-0.05, 0) is 24.3 Å². The normalized spacial score (nSPS) is 12.5. The highest BCUT2D eigenvalue weighted by atomic mass is 79.9. The third-order valence-electron chi connectivity index (χ3n) is 3.38. The Bertz CT molecular complexity index is 791. The maximum Gasteiger partial charge on any atom is 0.130 e. The van der Waals surface area contributed by atoms with Gasteiger partial charge in [0.25, 0.3) is 0 Å². The van der Waals surface area contributed by atoms with Gasteiger partial charge in [0.1, 0.15) is 5.82 Å². The molecule has 3 rings (SSSR count). The summed E-state index contributed by atoms with van der Waals surface area (Å²) in [6, 6.07) is 16.3. The predicted octanol–water partition coefficient (Wildman–Crippen LogP) is 4.41. The van der Waals surface area contributed by atoms with Gasteiger partial charge < -0.3 is 5.11 Å². The van der Waals surface area contributed by atoms with Gasteiger partial charge in [-0.2, -0.15) is 0 Å². The molecule has 0 saturated carbocycles. The molecule has 1 atom stereocenters. The molecule has 21 heavy (non-hydrogen) atoms. The van der Waals surface area contributed by atoms with E-state index in [4.69, 9.17) is 0 Å². The summed E-state index contributed by atoms with van der Waals surface area (Å²) < 4.78 is 14.5. The number of aliphatic hydroxyl groups is 1. The van der Waals surface area contributed by atoms with Crippen LogP contribution in [0.3, 0.4) is 0 Å². The van der Waals surface area contributed by atoms with Crippen LogP contribution in [0.25, 0.3) is 10.9 Å². The molecule has 0 bridgehead atoms. The number of rotatable bonds is 3. The number of benzene rings is 2. The lowest BCUT2D eigenvalue weighted by molar-refractivity contribution is 0.172. The van der Waals surface area contributed by atoms with Crippen molar-refractivity contribution in [2.24, 2.45) is 0 Å². The lowest BCUT2D eigenvalue weighted by Crippen LogP contribution is -2.05. The van der Waals surface area contributed by atoms with Crippen LogP contribution in [0.2, 0.25) is 0 Å². The van der Waals surface area contributed by atoms with E-state index in [0.29, 0.717) is 4.47 Å². The van der Waals surface area contributed by atoms with Gasteiger partial charge in [0.2, 0.25) is 0 Å². The molecule has 0 saturated heterocycles. The Labute approximate surface area is 130 Å². The van der Waals surface area contributed by atoms with Gasteiger partial charge in [0.15, 0.2) is 0 Å². The first kappa shape index (κ1) is 14.2. The van der Waals surface area contributed by atoms with Crippen LogP contribution in [0.5, 0.6) is 0 Å². The van der Waals surface area contributed by atoms with E-state index in [0.717, 1.165) is 16.6 Å². The second kappa shape index (κ2) is 5.92. The van der Waals surface area contributed by atoms with Gasteiger partial charge in [0.05, 0.1) is 11.6 Å². The van der Waals surface area contributed by atoms with Gasteiger partial charge in [-0.25, -0.2) is 4.39 Å². The van der Waals surface area contributed by atoms with E-state index in [1.54, 1.807) is 12.1 Å². The zero-order valence-corrected chi connectivity index (χ0v) is 12.7. The molecule has 2 aromatic carbocycles. The molecule has 3 aromatic rings. The molecule has 0 amide bonds. The molecule has 0 radical (unpaired) electrons. The zero-order valence-electron chi connectivity index (χ0n) is 11.1. The van der Waals surface area contributed by atoms with Crippen LogP contribution in [-0.2, 0) is 6.42 Å². The molecular weight excluding hydrogens is 333 g/mol. The monoisotopic (exact) mass is 345 g/mol. The van der Waals surface area contributed by atoms with Crippen molar-refractivity contribution < 1.29 is 9.50 Å². The van der Waals surface area contributed by atoms with Crippen molar-refractivity contribution in [2.45, 2.75) is 12.5 Å². The van der Waals surface area contributed by atoms with Crippen molar-refractivity contribution in [3.63, 3.8) is 0 Å². The Morgan fingerprint density at radius 1 is 1.10 bits per heavy atom. The smallest absolute Gasteiger partial charge is 0.130 e. The van der Waals surface area contributed by atoms with Crippen molar-refractivity contribution >= 4 is 26.8 Å². The van der Waals surface area contributed by atoms with Gasteiger partial charge >= 0.3 is 0 Å². The number of hydrogen-bond acceptors (Lipinski definition) is 2. The summed E-state index contributed by atoms with van der Waals surface area (Å²) in [5, 5.41) is 11.3. The fourth-order valence-corrected chi connectivity index (χ4v) is 2.63. The average molecular weight is 346 g/mol. The number of fused-ring (bicyclic) bond motifs is 1. The number of para-hydroxylation sites is 1. The van der Waals surface area contributed by atoms with Gasteiger partial charge in [0, 0.05) is 27.5 Å². The number of halogens is 2. The van der Waals surface area contributed by atoms with Gasteiger partial charge in [-0.1, -0.05) is 46.3 Å². The number of hydrogen-bond donors (Lipinski definition) is 1. The predicted molar refractivity (Wildman–Crippen MR) is 84.5 cm³/mol. The lowest BCUT2D eigenvalue weighted by Gasteiger charge is -2.12. The maximum absolute atomic E-state index is 13.8. The molecule has 4 heteroatoms. The summed E-state index contributed by atoms with van der Waals surface area (Å²) in [5.74, 6) is -0.419. The molecule has 2 nitrogen and oxygen atoms in total. The van der Waals surface area contributed by atoms with Crippen molar-refractivity contribution in [1.29, 1.82) is 0 Å². The minimum absolute atomic E-state index is 0.281. The van der Waals surface area contributed by atoms with Crippen molar-refractivity contribution in [1.82, 2.24) is 4.98 Å². The van der Waals surface area contributed by atoms with E-state index in [2.05, 4.69) is 20.9 Å². The minimum atomic E-state index is -0.910. The van der Waals surface area contributed by atoms with Crippen LogP contribution in [0.4, 0.5) is 4.39 Å². The molecule has 1 N–H and O–H groups in total. The number of aromatic nitrogens is 1. The fraction of sp³-hybridized carbons (Fsp3) is 0.118. The number of nitrogens with zero attached hydrogens (tertiary/aromatic N) is 1. The molecule has 106 valence electrons. The lowest BCUT2D eigenvalue weighted by atomic mass is 10.0. The number of pyridine rings is 1. The SMILES string of the molecule is OC(Cc1ccc2ccccc2n1)c1ccc(Br)cc1F. The zero-order chi connectivity index (χ0) is 14.8. The Morgan fingerprint density at radius 3 is 2.71 bits per heavy atom. The molecular formula is C17H13BrFNO. The summed E-state index contributed by atoms with van der Waals surface area (Å²) in [5.41, 5.74) is 1.90. The first-order valence-electron chi connectivity index (χ1n) is 6.61. The summed E-state index contributed by atoms with van der Waals surface area (Å²) >= 11 is 3.21. The highest BCUT2D eigenvalue weighted by molar-refractivity contribution is 9.10. The average Bonchev–Trinajstić information content (AvgIpc) is 2.47. The minimum Gasteiger partial charge on any atom is -0.388 e. The van der Waals surface area contributed by atoms with E-state index in [1.165, 1.54) is 6.07 Å². The van der Waals surface area contributed by atoms with Crippen LogP contribution >= 0.6 is 15.9 Å². The largest absolute Gasteiger partial charge is 0.388 e. The van der Waals surface area contributed by atoms with Crippen LogP contribution < -0.4 is 0 Å². The molecule has 1 aromatic heterocycles. The first-order chi connectivity index (χ1) is 10.1. The molecule has 0 aliphatic carbocycles. The maximum atomic E-state index is 13.8. The molecule has 0 aliphatic rings. The molecule has 1 unspecified atom stereocenters. The first-order valence-corrected chi connectivity index (χ1v) is 7.40. The third kappa shape index (κ3) is 3.12. The summed E-state index contributed by atoms with van der Waals surface area (Å²) in [6.07, 6.45) is -0.629. The van der Waals surface area contributed by atoms with E-state index in [1.807, 2.05) is 36.4 Å². The highest BCUT2D eigenvalue weighted by Gasteiger charge is 2.14. The standard InChI is InChI=1S/C17H13BrFNO/c18-12-6-8-14(15(19)9-12)17(21)10-13-7-5-11-3-1-2-4-16(11)20-13/h1-9,17,21H,10H2. The van der Waals surface area contributed by atoms with E-state index in [9.17, 15) is 9.50 Å². The Kier molecular flexibility index (Phi) is 3.99. The molecule has 0 fully saturated rings. The molecule has 0 spiro atoms. The van der Waals surface area contributed by atoms with Crippen LogP contribution in [0, 0.1) is 5.82 Å². The quantitative estimate of drug-likeness (QED) is 0.762. The summed E-state index contributed by atoms with van der Waals surface area (Å²) in [4.78, 5) is 4.50. The van der Waals surface area contributed by atoms with E-state index < -0.39 is 11.9 Å². The van der Waals surface area contributed by atoms with Gasteiger partial charge in [-0.3, -0.25) is 4.98 Å². The number of aliphatic hydroxyl groups excluding tert-OH is 1. The topological polar surface area (TPSA) is 33.1 Å². The summed E-state index contributed by atoms with van der Waals surface area (Å²) in [6.45, 7) is 0. The van der Waals surface area contributed by atoms with E-state index >= 15 is 0 Å². The Balaban J connectivity index is 1.87. The van der Waals surface area contributed by atoms with Crippen LogP contribution in [0.15, 0.2) is 59.1 Å². The highest BCUT2D eigenvalue weighted by Crippen LogP contribution is 2.24.